The van der Waals surface area contributed by atoms with E-state index in [1.54, 1.807) is 5.06 Å². The number of aliphatic hydroxyl groups is 1. The van der Waals surface area contributed by atoms with Crippen LogP contribution in [-0.2, 0) is 44.7 Å². The number of nitrogens with zero attached hydrogens (tertiary/aromatic N) is 1. The predicted octanol–water partition coefficient (Wildman–Crippen LogP) is 4.32. The molecule has 286 valence electrons. The lowest BCUT2D eigenvalue weighted by molar-refractivity contribution is -0.224. The molecule has 0 radical (unpaired) electrons. The van der Waals surface area contributed by atoms with Crippen molar-refractivity contribution in [2.24, 2.45) is 11.3 Å². The maximum Gasteiger partial charge on any atom is 0.327 e. The first kappa shape index (κ1) is 37.4. The molecule has 7 rings (SSSR count). The van der Waals surface area contributed by atoms with Gasteiger partial charge in [0.1, 0.15) is 29.8 Å². The number of carbonyl (C=O) groups is 3. The Balaban J connectivity index is 1.14. The molecule has 52 heavy (non-hydrogen) atoms. The number of amides is 2. The van der Waals surface area contributed by atoms with Crippen LogP contribution in [0.5, 0.6) is 0 Å². The monoisotopic (exact) mass is 723 g/mol. The first-order chi connectivity index (χ1) is 25.3. The van der Waals surface area contributed by atoms with Crippen molar-refractivity contribution in [1.82, 2.24) is 15.7 Å². The summed E-state index contributed by atoms with van der Waals surface area (Å²) in [6.45, 7) is 4.65. The van der Waals surface area contributed by atoms with Crippen LogP contribution >= 0.6 is 0 Å². The number of hydrogen-bond acceptors (Lipinski definition) is 10. The number of nitrogens with one attached hydrogen (secondary N) is 2. The summed E-state index contributed by atoms with van der Waals surface area (Å²) >= 11 is 0. The zero-order valence-electron chi connectivity index (χ0n) is 30.8. The van der Waals surface area contributed by atoms with Gasteiger partial charge in [0, 0.05) is 38.8 Å². The van der Waals surface area contributed by atoms with Gasteiger partial charge in [-0.3, -0.25) is 19.2 Å². The molecule has 0 aromatic heterocycles. The third-order valence-electron chi connectivity index (χ3n) is 12.0. The van der Waals surface area contributed by atoms with Crippen molar-refractivity contribution in [1.29, 1.82) is 0 Å². The molecule has 3 unspecified atom stereocenters. The van der Waals surface area contributed by atoms with Crippen LogP contribution in [0.3, 0.4) is 0 Å². The first-order valence-corrected chi connectivity index (χ1v) is 19.9. The average molecular weight is 724 g/mol. The van der Waals surface area contributed by atoms with Crippen molar-refractivity contribution >= 4 is 23.9 Å². The summed E-state index contributed by atoms with van der Waals surface area (Å²) in [6.07, 6.45) is 13.8. The van der Waals surface area contributed by atoms with Crippen LogP contribution in [0.1, 0.15) is 108 Å². The lowest BCUT2D eigenvalue weighted by atomic mass is 9.62. The molecular weight excluding hydrogens is 666 g/mol. The number of carbonyl (C=O) groups excluding carboxylic acids is 3. The van der Waals surface area contributed by atoms with Gasteiger partial charge in [-0.1, -0.05) is 75.9 Å². The van der Waals surface area contributed by atoms with Crippen molar-refractivity contribution in [2.75, 3.05) is 19.7 Å². The molecule has 0 spiro atoms. The molecule has 4 heterocycles. The number of esters is 1. The fraction of sp³-hybridized carbons (Fsp3) is 0.725. The van der Waals surface area contributed by atoms with Crippen LogP contribution in [0, 0.1) is 11.3 Å². The average Bonchev–Trinajstić information content (AvgIpc) is 3.69. The van der Waals surface area contributed by atoms with E-state index in [0.717, 1.165) is 81.8 Å². The summed E-state index contributed by atoms with van der Waals surface area (Å²) in [5.41, 5.74) is 0.688. The van der Waals surface area contributed by atoms with E-state index in [0.29, 0.717) is 18.1 Å². The lowest BCUT2D eigenvalue weighted by Gasteiger charge is -2.48. The third-order valence-corrected chi connectivity index (χ3v) is 12.0. The molecule has 4 aliphatic heterocycles. The zero-order valence-corrected chi connectivity index (χ0v) is 30.8. The Morgan fingerprint density at radius 1 is 0.981 bits per heavy atom. The Labute approximate surface area is 307 Å². The minimum atomic E-state index is -1.31. The van der Waals surface area contributed by atoms with Gasteiger partial charge in [-0.15, -0.1) is 0 Å². The molecule has 12 heteroatoms. The number of rotatable bonds is 18. The van der Waals surface area contributed by atoms with E-state index in [2.05, 4.69) is 48.8 Å². The standard InChI is InChI=1S/C40H57N3O9/c1-3-5-7-17-39(18-8-6-4-2)50-33-31-24-40(38(47)42-19-16-32(45)41-20-21-44)35(37(46)49-31)43(52-36(40)34(33)51-39)25-28-11-9-10-26(22-28)12-13-27-14-15-29-30(23-27)48-29/h9-13,22,27,29-31,33-36,44H,3-8,14-21,23-25H2,1-2H3,(H,41,45)(H,42,47)/t27?,29?,30?,31-,33+,34+,35+,36-,40+/m1/s1. The molecule has 4 saturated heterocycles. The van der Waals surface area contributed by atoms with Gasteiger partial charge in [0.05, 0.1) is 25.4 Å². The highest BCUT2D eigenvalue weighted by Crippen LogP contribution is 2.58. The van der Waals surface area contributed by atoms with Crippen LogP contribution in [0.4, 0.5) is 0 Å². The highest BCUT2D eigenvalue weighted by Gasteiger charge is 2.76. The first-order valence-electron chi connectivity index (χ1n) is 19.9. The number of benzene rings is 1. The maximum atomic E-state index is 14.5. The topological polar surface area (TPSA) is 148 Å². The summed E-state index contributed by atoms with van der Waals surface area (Å²) < 4.78 is 25.7. The number of unbranched alkanes of at least 4 members (excludes halogenated alkanes) is 4. The second kappa shape index (κ2) is 16.2. The zero-order chi connectivity index (χ0) is 36.3. The normalized spacial score (nSPS) is 34.1. The molecule has 2 saturated carbocycles. The minimum Gasteiger partial charge on any atom is -0.458 e. The van der Waals surface area contributed by atoms with Gasteiger partial charge in [-0.2, -0.15) is 5.06 Å². The van der Waals surface area contributed by atoms with E-state index < -0.39 is 47.6 Å². The van der Waals surface area contributed by atoms with E-state index in [4.69, 9.17) is 28.9 Å². The van der Waals surface area contributed by atoms with E-state index in [1.165, 1.54) is 0 Å². The highest BCUT2D eigenvalue weighted by molar-refractivity contribution is 5.94. The second-order valence-corrected chi connectivity index (χ2v) is 15.7. The van der Waals surface area contributed by atoms with Crippen LogP contribution in [0.15, 0.2) is 30.3 Å². The van der Waals surface area contributed by atoms with Gasteiger partial charge in [-0.05, 0) is 49.1 Å². The molecule has 6 aliphatic rings. The Hall–Kier alpha value is -2.87. The molecular formula is C40H57N3O9. The lowest BCUT2D eigenvalue weighted by Crippen LogP contribution is -2.69. The van der Waals surface area contributed by atoms with Gasteiger partial charge < -0.3 is 34.7 Å². The predicted molar refractivity (Wildman–Crippen MR) is 191 cm³/mol. The Morgan fingerprint density at radius 3 is 2.52 bits per heavy atom. The molecule has 6 fully saturated rings. The Morgan fingerprint density at radius 2 is 1.77 bits per heavy atom. The Kier molecular flexibility index (Phi) is 11.7. The molecule has 2 bridgehead atoms. The van der Waals surface area contributed by atoms with Crippen molar-refractivity contribution in [2.45, 2.75) is 152 Å². The molecule has 1 aromatic rings. The van der Waals surface area contributed by atoms with Crippen molar-refractivity contribution in [3.8, 4) is 0 Å². The number of fused-ring (bicyclic) bond motifs is 5. The second-order valence-electron chi connectivity index (χ2n) is 15.7. The fourth-order valence-corrected chi connectivity index (χ4v) is 9.27. The summed E-state index contributed by atoms with van der Waals surface area (Å²) in [4.78, 5) is 47.7. The maximum absolute atomic E-state index is 14.5. The number of aliphatic hydroxyl groups excluding tert-OH is 1. The van der Waals surface area contributed by atoms with Gasteiger partial charge in [0.15, 0.2) is 11.8 Å². The summed E-state index contributed by atoms with van der Waals surface area (Å²) in [7, 11) is 0. The van der Waals surface area contributed by atoms with Crippen molar-refractivity contribution < 1.29 is 43.3 Å². The van der Waals surface area contributed by atoms with Gasteiger partial charge >= 0.3 is 5.97 Å². The van der Waals surface area contributed by atoms with E-state index in [-0.39, 0.29) is 50.9 Å². The third kappa shape index (κ3) is 7.70. The van der Waals surface area contributed by atoms with Crippen LogP contribution < -0.4 is 10.6 Å². The molecule has 9 atom stereocenters. The summed E-state index contributed by atoms with van der Waals surface area (Å²) in [5, 5.41) is 16.3. The quantitative estimate of drug-likeness (QED) is 0.114. The molecule has 1 aromatic carbocycles. The number of ether oxygens (including phenoxy) is 4. The number of hydrogen-bond donors (Lipinski definition) is 3. The molecule has 2 amide bonds. The van der Waals surface area contributed by atoms with E-state index >= 15 is 0 Å². The van der Waals surface area contributed by atoms with E-state index in [1.807, 2.05) is 12.1 Å². The number of epoxide rings is 1. The van der Waals surface area contributed by atoms with Gasteiger partial charge in [0.2, 0.25) is 11.8 Å². The fourth-order valence-electron chi connectivity index (χ4n) is 9.27. The number of allylic oxidation sites excluding steroid dienone is 1. The van der Waals surface area contributed by atoms with E-state index in [9.17, 15) is 14.4 Å². The van der Waals surface area contributed by atoms with Crippen LogP contribution in [-0.4, -0.2) is 96.1 Å². The highest BCUT2D eigenvalue weighted by atomic mass is 16.8. The summed E-state index contributed by atoms with van der Waals surface area (Å²) in [6, 6.07) is 7.17. The SMILES string of the molecule is CCCCCC1(CCCCC)O[C@@H]2[C@H](O1)[C@H]1ON(Cc3cccc(C=CC4CCC5OC5C4)c3)[C@H]3C(=O)O[C@@H]2C[C@@]13C(=O)NCCC(=O)NCCO. The van der Waals surface area contributed by atoms with Crippen LogP contribution in [0.2, 0.25) is 0 Å². The largest absolute Gasteiger partial charge is 0.458 e. The minimum absolute atomic E-state index is 0.0364. The van der Waals surface area contributed by atoms with Crippen molar-refractivity contribution in [3.05, 3.63) is 41.5 Å². The summed E-state index contributed by atoms with van der Waals surface area (Å²) in [5.74, 6) is -1.50. The molecule has 2 aliphatic carbocycles. The van der Waals surface area contributed by atoms with Gasteiger partial charge in [-0.25, -0.2) is 0 Å². The van der Waals surface area contributed by atoms with Crippen molar-refractivity contribution in [3.63, 3.8) is 0 Å². The molecule has 3 N–H and O–H groups in total. The Bertz CT molecular complexity index is 1460. The van der Waals surface area contributed by atoms with Crippen LogP contribution in [0.25, 0.3) is 6.08 Å². The smallest absolute Gasteiger partial charge is 0.327 e. The molecule has 12 nitrogen and oxygen atoms in total. The number of hydroxylamine groups is 2. The van der Waals surface area contributed by atoms with Gasteiger partial charge in [0.25, 0.3) is 0 Å².